The third kappa shape index (κ3) is 5.43. The van der Waals surface area contributed by atoms with E-state index >= 15 is 0 Å². The third-order valence-electron chi connectivity index (χ3n) is 6.13. The Kier molecular flexibility index (Phi) is 7.23. The molecule has 1 aromatic heterocycles. The second-order valence-electron chi connectivity index (χ2n) is 8.65. The van der Waals surface area contributed by atoms with Gasteiger partial charge in [-0.2, -0.15) is 5.10 Å². The molecule has 9 heteroatoms. The van der Waals surface area contributed by atoms with Gasteiger partial charge in [-0.15, -0.1) is 0 Å². The number of rotatable bonds is 7. The maximum absolute atomic E-state index is 13.9. The van der Waals surface area contributed by atoms with Crippen molar-refractivity contribution in [1.82, 2.24) is 20.0 Å². The molecule has 1 saturated heterocycles. The molecule has 0 bridgehead atoms. The molecule has 1 aliphatic heterocycles. The monoisotopic (exact) mass is 469 g/mol. The van der Waals surface area contributed by atoms with Crippen LogP contribution >= 0.6 is 0 Å². The van der Waals surface area contributed by atoms with Crippen molar-refractivity contribution in [2.24, 2.45) is 7.05 Å². The fourth-order valence-corrected chi connectivity index (χ4v) is 4.37. The number of methoxy groups -OCH3 is 1. The summed E-state index contributed by atoms with van der Waals surface area (Å²) >= 11 is 0. The molecule has 2 amide bonds. The molecule has 34 heavy (non-hydrogen) atoms. The van der Waals surface area contributed by atoms with Gasteiger partial charge in [-0.3, -0.25) is 14.9 Å². The van der Waals surface area contributed by atoms with E-state index in [9.17, 15) is 13.6 Å². The van der Waals surface area contributed by atoms with Crippen LogP contribution in [-0.2, 0) is 11.8 Å². The van der Waals surface area contributed by atoms with Crippen LogP contribution in [0, 0.1) is 18.6 Å². The van der Waals surface area contributed by atoms with Gasteiger partial charge in [0.25, 0.3) is 0 Å². The molecular weight excluding hydrogens is 440 g/mol. The van der Waals surface area contributed by atoms with Crippen LogP contribution in [0.1, 0.15) is 17.0 Å². The van der Waals surface area contributed by atoms with Crippen LogP contribution in [0.15, 0.2) is 48.5 Å². The fraction of sp³-hybridized carbons (Fsp3) is 0.360. The Balaban J connectivity index is 1.48. The molecule has 2 heterocycles. The van der Waals surface area contributed by atoms with Gasteiger partial charge in [0.15, 0.2) is 11.6 Å². The SMILES string of the molecule is COCCN1C[C@@H](NC(=O)Nc2cc(-c3cccc(C)c3)nn2C)[C@H](c2ccc(F)c(F)c2)C1. The molecule has 1 aliphatic rings. The van der Waals surface area contributed by atoms with E-state index in [0.29, 0.717) is 37.6 Å². The lowest BCUT2D eigenvalue weighted by atomic mass is 9.94. The van der Waals surface area contributed by atoms with Crippen molar-refractivity contribution in [3.63, 3.8) is 0 Å². The zero-order valence-corrected chi connectivity index (χ0v) is 19.5. The number of carbonyl (C=O) groups excluding carboxylic acids is 1. The van der Waals surface area contributed by atoms with Crippen molar-refractivity contribution in [2.75, 3.05) is 38.7 Å². The van der Waals surface area contributed by atoms with Gasteiger partial charge in [-0.1, -0.05) is 29.8 Å². The molecule has 2 aromatic carbocycles. The second kappa shape index (κ2) is 10.3. The Morgan fingerprint density at radius 2 is 1.97 bits per heavy atom. The maximum Gasteiger partial charge on any atom is 0.320 e. The lowest BCUT2D eigenvalue weighted by Gasteiger charge is -2.20. The van der Waals surface area contributed by atoms with E-state index in [1.165, 1.54) is 6.07 Å². The zero-order chi connectivity index (χ0) is 24.2. The highest BCUT2D eigenvalue weighted by atomic mass is 19.2. The highest BCUT2D eigenvalue weighted by molar-refractivity contribution is 5.89. The summed E-state index contributed by atoms with van der Waals surface area (Å²) in [6.45, 7) is 4.40. The number of urea groups is 1. The van der Waals surface area contributed by atoms with Crippen LogP contribution in [0.5, 0.6) is 0 Å². The Bertz CT molecular complexity index is 1170. The molecule has 4 rings (SSSR count). The van der Waals surface area contributed by atoms with Crippen molar-refractivity contribution in [3.8, 4) is 11.3 Å². The van der Waals surface area contributed by atoms with Crippen LogP contribution in [-0.4, -0.2) is 60.1 Å². The summed E-state index contributed by atoms with van der Waals surface area (Å²) in [5.74, 6) is -1.42. The molecular formula is C25H29F2N5O2. The summed E-state index contributed by atoms with van der Waals surface area (Å²) in [5.41, 5.74) is 3.49. The molecule has 0 unspecified atom stereocenters. The van der Waals surface area contributed by atoms with Gasteiger partial charge in [0, 0.05) is 51.3 Å². The normalized spacial score (nSPS) is 18.3. The van der Waals surface area contributed by atoms with E-state index < -0.39 is 11.6 Å². The number of nitrogens with one attached hydrogen (secondary N) is 2. The third-order valence-corrected chi connectivity index (χ3v) is 6.13. The first-order valence-electron chi connectivity index (χ1n) is 11.2. The first-order chi connectivity index (χ1) is 16.3. The van der Waals surface area contributed by atoms with Gasteiger partial charge >= 0.3 is 6.03 Å². The van der Waals surface area contributed by atoms with Crippen molar-refractivity contribution >= 4 is 11.8 Å². The average Bonchev–Trinajstić information content (AvgIpc) is 3.37. The summed E-state index contributed by atoms with van der Waals surface area (Å²) in [4.78, 5) is 15.0. The number of carbonyl (C=O) groups is 1. The molecule has 1 fully saturated rings. The van der Waals surface area contributed by atoms with Gasteiger partial charge < -0.3 is 10.1 Å². The number of anilines is 1. The highest BCUT2D eigenvalue weighted by Crippen LogP contribution is 2.29. The molecule has 0 radical (unpaired) electrons. The number of amides is 2. The molecule has 180 valence electrons. The molecule has 2 atom stereocenters. The minimum Gasteiger partial charge on any atom is -0.383 e. The molecule has 2 N–H and O–H groups in total. The van der Waals surface area contributed by atoms with E-state index in [1.807, 2.05) is 37.3 Å². The number of halogens is 2. The van der Waals surface area contributed by atoms with Gasteiger partial charge in [0.05, 0.1) is 18.3 Å². The lowest BCUT2D eigenvalue weighted by molar-refractivity contribution is 0.159. The van der Waals surface area contributed by atoms with E-state index in [2.05, 4.69) is 20.6 Å². The predicted molar refractivity (Wildman–Crippen MR) is 127 cm³/mol. The van der Waals surface area contributed by atoms with Gasteiger partial charge in [0.1, 0.15) is 5.82 Å². The molecule has 7 nitrogen and oxygen atoms in total. The average molecular weight is 470 g/mol. The number of nitrogens with zero attached hydrogens (tertiary/aromatic N) is 3. The van der Waals surface area contributed by atoms with Crippen LogP contribution in [0.25, 0.3) is 11.3 Å². The Morgan fingerprint density at radius 3 is 2.71 bits per heavy atom. The van der Waals surface area contributed by atoms with E-state index in [-0.39, 0.29) is 18.0 Å². The number of ether oxygens (including phenoxy) is 1. The van der Waals surface area contributed by atoms with Crippen molar-refractivity contribution < 1.29 is 18.3 Å². The molecule has 0 saturated carbocycles. The van der Waals surface area contributed by atoms with Gasteiger partial charge in [-0.05, 0) is 30.7 Å². The topological polar surface area (TPSA) is 71.4 Å². The lowest BCUT2D eigenvalue weighted by Crippen LogP contribution is -2.42. The van der Waals surface area contributed by atoms with E-state index in [0.717, 1.165) is 22.9 Å². The first kappa shape index (κ1) is 23.8. The van der Waals surface area contributed by atoms with Crippen LogP contribution in [0.2, 0.25) is 0 Å². The number of aryl methyl sites for hydroxylation is 2. The van der Waals surface area contributed by atoms with Gasteiger partial charge in [0.2, 0.25) is 0 Å². The van der Waals surface area contributed by atoms with Crippen molar-refractivity contribution in [1.29, 1.82) is 0 Å². The predicted octanol–water partition coefficient (Wildman–Crippen LogP) is 3.91. The van der Waals surface area contributed by atoms with Gasteiger partial charge in [-0.25, -0.2) is 13.6 Å². The minimum absolute atomic E-state index is 0.188. The standard InChI is InChI=1S/C25H29F2N5O2/c1-16-5-4-6-18(11-16)22-13-24(31(2)30-22)29-25(33)28-23-15-32(9-10-34-3)14-19(23)17-7-8-20(26)21(27)12-17/h4-8,11-13,19,23H,9-10,14-15H2,1-3H3,(H2,28,29,33)/t19-,23+/m0/s1. The minimum atomic E-state index is -0.894. The highest BCUT2D eigenvalue weighted by Gasteiger charge is 2.35. The number of aromatic nitrogens is 2. The van der Waals surface area contributed by atoms with Crippen LogP contribution in [0.3, 0.4) is 0 Å². The first-order valence-corrected chi connectivity index (χ1v) is 11.2. The molecule has 0 spiro atoms. The Morgan fingerprint density at radius 1 is 1.15 bits per heavy atom. The number of hydrogen-bond donors (Lipinski definition) is 2. The largest absolute Gasteiger partial charge is 0.383 e. The summed E-state index contributed by atoms with van der Waals surface area (Å²) < 4.78 is 34.2. The number of benzene rings is 2. The summed E-state index contributed by atoms with van der Waals surface area (Å²) in [7, 11) is 3.39. The van der Waals surface area contributed by atoms with Crippen LogP contribution in [0.4, 0.5) is 19.4 Å². The second-order valence-corrected chi connectivity index (χ2v) is 8.65. The Hall–Kier alpha value is -3.30. The molecule has 0 aliphatic carbocycles. The summed E-state index contributed by atoms with van der Waals surface area (Å²) in [6.07, 6.45) is 0. The maximum atomic E-state index is 13.9. The zero-order valence-electron chi connectivity index (χ0n) is 19.5. The van der Waals surface area contributed by atoms with Crippen molar-refractivity contribution in [2.45, 2.75) is 18.9 Å². The summed E-state index contributed by atoms with van der Waals surface area (Å²) in [6, 6.07) is 13.0. The quantitative estimate of drug-likeness (QED) is 0.551. The Labute approximate surface area is 197 Å². The number of likely N-dealkylation sites (tertiary alicyclic amines) is 1. The number of hydrogen-bond acceptors (Lipinski definition) is 4. The summed E-state index contributed by atoms with van der Waals surface area (Å²) in [5, 5.41) is 10.4. The van der Waals surface area contributed by atoms with Crippen LogP contribution < -0.4 is 10.6 Å². The smallest absolute Gasteiger partial charge is 0.320 e. The van der Waals surface area contributed by atoms with E-state index in [4.69, 9.17) is 4.74 Å². The fourth-order valence-electron chi connectivity index (χ4n) is 4.37. The van der Waals surface area contributed by atoms with E-state index in [1.54, 1.807) is 24.9 Å². The molecule has 3 aromatic rings. The van der Waals surface area contributed by atoms with Crippen molar-refractivity contribution in [3.05, 3.63) is 71.3 Å².